The minimum absolute atomic E-state index is 0.0212. The predicted molar refractivity (Wildman–Crippen MR) is 73.0 cm³/mol. The molecule has 5 heteroatoms. The van der Waals surface area contributed by atoms with Crippen LogP contribution in [0.15, 0.2) is 6.07 Å². The minimum Gasteiger partial charge on any atom is -0.388 e. The third-order valence-electron chi connectivity index (χ3n) is 3.75. The van der Waals surface area contributed by atoms with Crippen LogP contribution >= 0.6 is 0 Å². The van der Waals surface area contributed by atoms with E-state index >= 15 is 0 Å². The first kappa shape index (κ1) is 14.1. The van der Waals surface area contributed by atoms with Crippen LogP contribution in [-0.2, 0) is 6.54 Å². The number of aryl methyl sites for hydroxylation is 2. The molecule has 1 saturated heterocycles. The van der Waals surface area contributed by atoms with Crippen molar-refractivity contribution in [1.29, 1.82) is 0 Å². The molecule has 0 radical (unpaired) electrons. The van der Waals surface area contributed by atoms with Crippen LogP contribution in [0, 0.1) is 6.92 Å². The fourth-order valence-corrected chi connectivity index (χ4v) is 2.85. The lowest BCUT2D eigenvalue weighted by Crippen LogP contribution is -2.48. The molecule has 1 aliphatic rings. The van der Waals surface area contributed by atoms with Gasteiger partial charge in [-0.3, -0.25) is 9.48 Å². The largest absolute Gasteiger partial charge is 0.388 e. The Labute approximate surface area is 114 Å². The molecule has 0 aliphatic carbocycles. The van der Waals surface area contributed by atoms with Crippen LogP contribution in [0.4, 0.5) is 0 Å². The Morgan fingerprint density at radius 1 is 1.58 bits per heavy atom. The zero-order chi connectivity index (χ0) is 14.2. The van der Waals surface area contributed by atoms with Crippen LogP contribution in [-0.4, -0.2) is 43.9 Å². The molecule has 1 unspecified atom stereocenters. The first-order chi connectivity index (χ1) is 8.84. The predicted octanol–water partition coefficient (Wildman–Crippen LogP) is 1.59. The van der Waals surface area contributed by atoms with Gasteiger partial charge in [-0.05, 0) is 46.6 Å². The molecular formula is C14H23N3O2. The average molecular weight is 265 g/mol. The van der Waals surface area contributed by atoms with E-state index in [1.165, 1.54) is 0 Å². The number of hydrogen-bond donors (Lipinski definition) is 1. The second-order valence-electron chi connectivity index (χ2n) is 5.80. The zero-order valence-corrected chi connectivity index (χ0v) is 12.2. The number of aliphatic hydroxyl groups is 1. The highest BCUT2D eigenvalue weighted by molar-refractivity contribution is 5.93. The van der Waals surface area contributed by atoms with Gasteiger partial charge in [-0.15, -0.1) is 0 Å². The van der Waals surface area contributed by atoms with E-state index in [0.717, 1.165) is 18.5 Å². The lowest BCUT2D eigenvalue weighted by Gasteiger charge is -2.33. The quantitative estimate of drug-likeness (QED) is 0.903. The number of likely N-dealkylation sites (tertiary alicyclic amines) is 1. The lowest BCUT2D eigenvalue weighted by atomic mass is 9.96. The van der Waals surface area contributed by atoms with Crippen molar-refractivity contribution >= 4 is 5.91 Å². The topological polar surface area (TPSA) is 58.4 Å². The number of hydrogen-bond acceptors (Lipinski definition) is 3. The molecule has 1 atom stereocenters. The Balaban J connectivity index is 2.28. The summed E-state index contributed by atoms with van der Waals surface area (Å²) >= 11 is 0. The van der Waals surface area contributed by atoms with Crippen LogP contribution in [0.2, 0.25) is 0 Å². The molecule has 5 nitrogen and oxygen atoms in total. The molecule has 0 bridgehead atoms. The normalized spacial score (nSPS) is 20.1. The molecule has 1 fully saturated rings. The third-order valence-corrected chi connectivity index (χ3v) is 3.75. The van der Waals surface area contributed by atoms with Crippen LogP contribution < -0.4 is 0 Å². The second-order valence-corrected chi connectivity index (χ2v) is 5.80. The van der Waals surface area contributed by atoms with Gasteiger partial charge in [0, 0.05) is 13.1 Å². The highest BCUT2D eigenvalue weighted by Gasteiger charge is 2.39. The van der Waals surface area contributed by atoms with Gasteiger partial charge in [0.05, 0.1) is 17.3 Å². The van der Waals surface area contributed by atoms with Gasteiger partial charge in [-0.1, -0.05) is 0 Å². The van der Waals surface area contributed by atoms with E-state index in [9.17, 15) is 9.90 Å². The summed E-state index contributed by atoms with van der Waals surface area (Å²) in [6.45, 7) is 8.79. The SMILES string of the molecule is CCn1nc(C)cc1C(=O)N1CCCC1C(C)(C)O. The lowest BCUT2D eigenvalue weighted by molar-refractivity contribution is -0.000109. The summed E-state index contributed by atoms with van der Waals surface area (Å²) in [4.78, 5) is 14.4. The number of nitrogens with zero attached hydrogens (tertiary/aromatic N) is 3. The number of rotatable bonds is 3. The summed E-state index contributed by atoms with van der Waals surface area (Å²) in [6.07, 6.45) is 1.80. The highest BCUT2D eigenvalue weighted by Crippen LogP contribution is 2.28. The van der Waals surface area contributed by atoms with Crippen LogP contribution in [0.3, 0.4) is 0 Å². The number of aromatic nitrogens is 2. The molecule has 0 aromatic carbocycles. The van der Waals surface area contributed by atoms with Crippen LogP contribution in [0.1, 0.15) is 49.8 Å². The Bertz CT molecular complexity index is 474. The van der Waals surface area contributed by atoms with E-state index in [1.807, 2.05) is 19.9 Å². The van der Waals surface area contributed by atoms with E-state index < -0.39 is 5.60 Å². The maximum Gasteiger partial charge on any atom is 0.272 e. The van der Waals surface area contributed by atoms with Crippen molar-refractivity contribution in [3.05, 3.63) is 17.5 Å². The Morgan fingerprint density at radius 3 is 2.84 bits per heavy atom. The van der Waals surface area contributed by atoms with Gasteiger partial charge in [0.1, 0.15) is 5.69 Å². The van der Waals surface area contributed by atoms with Gasteiger partial charge in [-0.25, -0.2) is 0 Å². The Hall–Kier alpha value is -1.36. The fraction of sp³-hybridized carbons (Fsp3) is 0.714. The number of carbonyl (C=O) groups excluding carboxylic acids is 1. The average Bonchev–Trinajstić information content (AvgIpc) is 2.92. The van der Waals surface area contributed by atoms with Crippen LogP contribution in [0.25, 0.3) is 0 Å². The smallest absolute Gasteiger partial charge is 0.272 e. The highest BCUT2D eigenvalue weighted by atomic mass is 16.3. The maximum absolute atomic E-state index is 12.7. The first-order valence-corrected chi connectivity index (χ1v) is 6.92. The maximum atomic E-state index is 12.7. The van der Waals surface area contributed by atoms with Crippen LogP contribution in [0.5, 0.6) is 0 Å². The molecule has 19 heavy (non-hydrogen) atoms. The van der Waals surface area contributed by atoms with Gasteiger partial charge in [0.25, 0.3) is 5.91 Å². The molecule has 1 aliphatic heterocycles. The molecule has 1 aromatic heterocycles. The van der Waals surface area contributed by atoms with E-state index in [-0.39, 0.29) is 11.9 Å². The van der Waals surface area contributed by atoms with Crippen molar-refractivity contribution in [2.75, 3.05) is 6.54 Å². The van der Waals surface area contributed by atoms with Crippen molar-refractivity contribution in [1.82, 2.24) is 14.7 Å². The van der Waals surface area contributed by atoms with E-state index in [4.69, 9.17) is 0 Å². The Morgan fingerprint density at radius 2 is 2.26 bits per heavy atom. The molecule has 2 heterocycles. The van der Waals surface area contributed by atoms with Crippen molar-refractivity contribution in [2.45, 2.75) is 58.7 Å². The number of carbonyl (C=O) groups is 1. The second kappa shape index (κ2) is 4.96. The molecular weight excluding hydrogens is 242 g/mol. The molecule has 0 saturated carbocycles. The van der Waals surface area contributed by atoms with Gasteiger partial charge in [-0.2, -0.15) is 5.10 Å². The van der Waals surface area contributed by atoms with E-state index in [0.29, 0.717) is 18.8 Å². The molecule has 106 valence electrons. The fourth-order valence-electron chi connectivity index (χ4n) is 2.85. The summed E-state index contributed by atoms with van der Waals surface area (Å²) in [6, 6.07) is 1.71. The number of amides is 1. The van der Waals surface area contributed by atoms with Gasteiger partial charge in [0.2, 0.25) is 0 Å². The summed E-state index contributed by atoms with van der Waals surface area (Å²) in [7, 11) is 0. The molecule has 1 N–H and O–H groups in total. The van der Waals surface area contributed by atoms with Crippen molar-refractivity contribution < 1.29 is 9.90 Å². The summed E-state index contributed by atoms with van der Waals surface area (Å²) < 4.78 is 1.73. The molecule has 1 amide bonds. The van der Waals surface area contributed by atoms with E-state index in [2.05, 4.69) is 5.10 Å². The minimum atomic E-state index is -0.863. The van der Waals surface area contributed by atoms with Crippen molar-refractivity contribution in [3.8, 4) is 0 Å². The molecule has 0 spiro atoms. The molecule has 2 rings (SSSR count). The van der Waals surface area contributed by atoms with Gasteiger partial charge in [0.15, 0.2) is 0 Å². The van der Waals surface area contributed by atoms with E-state index in [1.54, 1.807) is 23.4 Å². The first-order valence-electron chi connectivity index (χ1n) is 6.92. The monoisotopic (exact) mass is 265 g/mol. The summed E-state index contributed by atoms with van der Waals surface area (Å²) in [5.74, 6) is -0.0212. The zero-order valence-electron chi connectivity index (χ0n) is 12.2. The van der Waals surface area contributed by atoms with Gasteiger partial charge < -0.3 is 10.0 Å². The summed E-state index contributed by atoms with van der Waals surface area (Å²) in [5, 5.41) is 14.5. The Kier molecular flexibility index (Phi) is 3.67. The van der Waals surface area contributed by atoms with Crippen molar-refractivity contribution in [3.63, 3.8) is 0 Å². The van der Waals surface area contributed by atoms with Crippen molar-refractivity contribution in [2.24, 2.45) is 0 Å². The molecule has 1 aromatic rings. The summed E-state index contributed by atoms with van der Waals surface area (Å²) in [5.41, 5.74) is 0.610. The third kappa shape index (κ3) is 2.66. The van der Waals surface area contributed by atoms with Gasteiger partial charge >= 0.3 is 0 Å². The standard InChI is InChI=1S/C14H23N3O2/c1-5-17-11(9-10(2)15-17)13(18)16-8-6-7-12(16)14(3,4)19/h9,12,19H,5-8H2,1-4H3.